The molecule has 0 heterocycles. The number of aromatic hydroxyl groups is 1. The lowest BCUT2D eigenvalue weighted by molar-refractivity contribution is -0.384. The van der Waals surface area contributed by atoms with Crippen LogP contribution in [0.15, 0.2) is 12.1 Å². The number of nitro benzene ring substituents is 1. The van der Waals surface area contributed by atoms with Crippen LogP contribution in [0, 0.1) is 10.1 Å². The molecule has 0 aliphatic heterocycles. The molecule has 0 saturated heterocycles. The molecule has 0 atom stereocenters. The minimum Gasteiger partial charge on any atom is -0.507 e. The van der Waals surface area contributed by atoms with Crippen LogP contribution in [-0.4, -0.2) is 21.7 Å². The van der Waals surface area contributed by atoms with Crippen molar-refractivity contribution >= 4 is 28.8 Å². The fourth-order valence-electron chi connectivity index (χ4n) is 1.11. The van der Waals surface area contributed by atoms with E-state index in [0.717, 1.165) is 12.1 Å². The molecule has 0 aliphatic rings. The third-order valence-corrected chi connectivity index (χ3v) is 1.99. The number of non-ortho nitro benzene ring substituents is 1. The number of hydrogen-bond donors (Lipinski definition) is 2. The number of phenols is 1. The smallest absolute Gasteiger partial charge is 0.275 e. The maximum Gasteiger partial charge on any atom is 0.275 e. The molecule has 0 radical (unpaired) electrons. The van der Waals surface area contributed by atoms with Crippen LogP contribution in [0.2, 0.25) is 0 Å². The number of hydrogen-bond acceptors (Lipinski definition) is 5. The number of ketones is 1. The van der Waals surface area contributed by atoms with Gasteiger partial charge in [-0.1, -0.05) is 0 Å². The summed E-state index contributed by atoms with van der Waals surface area (Å²) in [5.74, 6) is -1.47. The first-order valence-corrected chi connectivity index (χ1v) is 4.37. The molecule has 7 heteroatoms. The summed E-state index contributed by atoms with van der Waals surface area (Å²) in [7, 11) is 0. The van der Waals surface area contributed by atoms with Gasteiger partial charge in [0.25, 0.3) is 5.69 Å². The number of Topliss-reactive ketones (excluding diaryl/α,β-unsaturated/α-hetero) is 1. The highest BCUT2D eigenvalue weighted by Gasteiger charge is 2.19. The van der Waals surface area contributed by atoms with Gasteiger partial charge in [-0.3, -0.25) is 14.9 Å². The number of rotatable bonds is 3. The van der Waals surface area contributed by atoms with Crippen LogP contribution >= 0.6 is 11.6 Å². The zero-order valence-corrected chi connectivity index (χ0v) is 8.19. The summed E-state index contributed by atoms with van der Waals surface area (Å²) in [5, 5.41) is 19.7. The Kier molecular flexibility index (Phi) is 3.11. The van der Waals surface area contributed by atoms with Gasteiger partial charge in [-0.25, -0.2) is 0 Å². The van der Waals surface area contributed by atoms with Gasteiger partial charge in [-0.2, -0.15) is 0 Å². The number of nitrogen functional groups attached to an aromatic ring is 1. The molecule has 80 valence electrons. The number of phenolic OH excluding ortho intramolecular Hbond substituents is 1. The highest BCUT2D eigenvalue weighted by atomic mass is 35.5. The summed E-state index contributed by atoms with van der Waals surface area (Å²) in [4.78, 5) is 20.9. The lowest BCUT2D eigenvalue weighted by Crippen LogP contribution is -2.06. The Morgan fingerprint density at radius 3 is 2.60 bits per heavy atom. The van der Waals surface area contributed by atoms with Crippen molar-refractivity contribution in [3.05, 3.63) is 27.8 Å². The largest absolute Gasteiger partial charge is 0.507 e. The van der Waals surface area contributed by atoms with Crippen LogP contribution in [0.1, 0.15) is 10.4 Å². The monoisotopic (exact) mass is 230 g/mol. The van der Waals surface area contributed by atoms with E-state index in [4.69, 9.17) is 17.3 Å². The normalized spacial score (nSPS) is 9.93. The Morgan fingerprint density at radius 2 is 2.20 bits per heavy atom. The molecule has 15 heavy (non-hydrogen) atoms. The van der Waals surface area contributed by atoms with Crippen molar-refractivity contribution in [1.82, 2.24) is 0 Å². The molecule has 0 spiro atoms. The first-order valence-electron chi connectivity index (χ1n) is 3.83. The van der Waals surface area contributed by atoms with Gasteiger partial charge in [-0.15, -0.1) is 11.6 Å². The van der Waals surface area contributed by atoms with Gasteiger partial charge in [0.15, 0.2) is 5.78 Å². The average Bonchev–Trinajstić information content (AvgIpc) is 2.16. The van der Waals surface area contributed by atoms with Crippen LogP contribution in [0.4, 0.5) is 11.4 Å². The number of anilines is 1. The second-order valence-electron chi connectivity index (χ2n) is 2.74. The lowest BCUT2D eigenvalue weighted by atomic mass is 10.1. The molecule has 0 saturated carbocycles. The quantitative estimate of drug-likeness (QED) is 0.268. The van der Waals surface area contributed by atoms with Crippen LogP contribution < -0.4 is 5.73 Å². The van der Waals surface area contributed by atoms with Gasteiger partial charge >= 0.3 is 0 Å². The third-order valence-electron chi connectivity index (χ3n) is 1.74. The molecule has 1 aromatic carbocycles. The summed E-state index contributed by atoms with van der Waals surface area (Å²) in [5.41, 5.74) is 4.67. The van der Waals surface area contributed by atoms with E-state index >= 15 is 0 Å². The first kappa shape index (κ1) is 11.3. The van der Waals surface area contributed by atoms with E-state index in [2.05, 4.69) is 0 Å². The van der Waals surface area contributed by atoms with E-state index < -0.39 is 16.5 Å². The molecule has 0 amide bonds. The third kappa shape index (κ3) is 2.16. The molecule has 0 aliphatic carbocycles. The van der Waals surface area contributed by atoms with Crippen molar-refractivity contribution in [2.45, 2.75) is 0 Å². The van der Waals surface area contributed by atoms with Gasteiger partial charge in [0.1, 0.15) is 5.75 Å². The molecule has 0 bridgehead atoms. The molecule has 0 unspecified atom stereocenters. The number of benzene rings is 1. The Bertz CT molecular complexity index is 410. The standard InChI is InChI=1S/C8H7ClN2O4/c9-3-7(13)8-5(10)1-4(11(14)15)2-6(8)12/h1-2,12H,3,10H2. The zero-order valence-electron chi connectivity index (χ0n) is 7.44. The molecule has 0 aromatic heterocycles. The SMILES string of the molecule is Nc1cc([N+](=O)[O-])cc(O)c1C(=O)CCl. The highest BCUT2D eigenvalue weighted by molar-refractivity contribution is 6.31. The van der Waals surface area contributed by atoms with Crippen LogP contribution in [0.5, 0.6) is 5.75 Å². The maximum atomic E-state index is 11.2. The minimum absolute atomic E-state index is 0.160. The summed E-state index contributed by atoms with van der Waals surface area (Å²) in [6.07, 6.45) is 0. The molecule has 6 nitrogen and oxygen atoms in total. The van der Waals surface area contributed by atoms with E-state index in [0.29, 0.717) is 0 Å². The Labute approximate surface area is 89.4 Å². The Hall–Kier alpha value is -1.82. The number of nitrogens with two attached hydrogens (primary N) is 1. The minimum atomic E-state index is -0.717. The van der Waals surface area contributed by atoms with E-state index in [1.165, 1.54) is 0 Å². The number of alkyl halides is 1. The Balaban J connectivity index is 3.33. The second kappa shape index (κ2) is 4.14. The van der Waals surface area contributed by atoms with Crippen molar-refractivity contribution in [3.63, 3.8) is 0 Å². The number of carbonyl (C=O) groups is 1. The molecule has 0 fully saturated rings. The van der Waals surface area contributed by atoms with Gasteiger partial charge in [0.05, 0.1) is 28.1 Å². The first-order chi connectivity index (χ1) is 6.97. The molecule has 1 aromatic rings. The predicted molar refractivity (Wildman–Crippen MR) is 54.2 cm³/mol. The number of nitrogens with zero attached hydrogens (tertiary/aromatic N) is 1. The fourth-order valence-corrected chi connectivity index (χ4v) is 1.24. The van der Waals surface area contributed by atoms with Crippen molar-refractivity contribution in [2.24, 2.45) is 0 Å². The maximum absolute atomic E-state index is 11.2. The van der Waals surface area contributed by atoms with Crippen LogP contribution in [0.3, 0.4) is 0 Å². The number of nitro groups is 1. The Morgan fingerprint density at radius 1 is 1.60 bits per heavy atom. The van der Waals surface area contributed by atoms with Crippen LogP contribution in [0.25, 0.3) is 0 Å². The molecule has 3 N–H and O–H groups in total. The van der Waals surface area contributed by atoms with Gasteiger partial charge < -0.3 is 10.8 Å². The number of carbonyl (C=O) groups excluding carboxylic acids is 1. The number of halogens is 1. The molecular weight excluding hydrogens is 224 g/mol. The van der Waals surface area contributed by atoms with Crippen LogP contribution in [-0.2, 0) is 0 Å². The van der Waals surface area contributed by atoms with E-state index in [9.17, 15) is 20.0 Å². The van der Waals surface area contributed by atoms with Crippen molar-refractivity contribution in [3.8, 4) is 5.75 Å². The van der Waals surface area contributed by atoms with Crippen molar-refractivity contribution < 1.29 is 14.8 Å². The van der Waals surface area contributed by atoms with Crippen molar-refractivity contribution in [1.29, 1.82) is 0 Å². The van der Waals surface area contributed by atoms with Gasteiger partial charge in [0.2, 0.25) is 0 Å². The van der Waals surface area contributed by atoms with E-state index in [1.807, 2.05) is 0 Å². The van der Waals surface area contributed by atoms with Gasteiger partial charge in [-0.05, 0) is 0 Å². The highest BCUT2D eigenvalue weighted by Crippen LogP contribution is 2.30. The second-order valence-corrected chi connectivity index (χ2v) is 3.01. The van der Waals surface area contributed by atoms with E-state index in [1.54, 1.807) is 0 Å². The lowest BCUT2D eigenvalue weighted by Gasteiger charge is -2.05. The predicted octanol–water partition coefficient (Wildman–Crippen LogP) is 1.30. The fraction of sp³-hybridized carbons (Fsp3) is 0.125. The average molecular weight is 231 g/mol. The molecular formula is C8H7ClN2O4. The summed E-state index contributed by atoms with van der Waals surface area (Å²) in [6, 6.07) is 1.86. The topological polar surface area (TPSA) is 106 Å². The summed E-state index contributed by atoms with van der Waals surface area (Å²) < 4.78 is 0. The summed E-state index contributed by atoms with van der Waals surface area (Å²) >= 11 is 5.28. The molecule has 1 rings (SSSR count). The van der Waals surface area contributed by atoms with Gasteiger partial charge in [0, 0.05) is 6.07 Å². The van der Waals surface area contributed by atoms with E-state index in [-0.39, 0.29) is 22.8 Å². The zero-order chi connectivity index (χ0) is 11.6. The van der Waals surface area contributed by atoms with Crippen molar-refractivity contribution in [2.75, 3.05) is 11.6 Å². The summed E-state index contributed by atoms with van der Waals surface area (Å²) in [6.45, 7) is 0.